The summed E-state index contributed by atoms with van der Waals surface area (Å²) in [5.41, 5.74) is 0.842. The summed E-state index contributed by atoms with van der Waals surface area (Å²) in [7, 11) is 1.70. The van der Waals surface area contributed by atoms with Crippen molar-refractivity contribution in [2.24, 2.45) is 0 Å². The molecule has 2 N–H and O–H groups in total. The SMILES string of the molecule is CO[C@H]1CNCC1NC(=O)C1(c2ccccc2)CC1. The number of carbonyl (C=O) groups excluding carboxylic acids is 1. The molecule has 4 heteroatoms. The number of methoxy groups -OCH3 is 1. The lowest BCUT2D eigenvalue weighted by Gasteiger charge is -2.22. The van der Waals surface area contributed by atoms with Crippen molar-refractivity contribution < 1.29 is 9.53 Å². The molecule has 1 saturated heterocycles. The number of amides is 1. The first kappa shape index (κ1) is 12.6. The van der Waals surface area contributed by atoms with Gasteiger partial charge in [-0.1, -0.05) is 30.3 Å². The van der Waals surface area contributed by atoms with Gasteiger partial charge in [-0.25, -0.2) is 0 Å². The van der Waals surface area contributed by atoms with E-state index >= 15 is 0 Å². The number of ether oxygens (including phenoxy) is 1. The quantitative estimate of drug-likeness (QED) is 0.843. The summed E-state index contributed by atoms with van der Waals surface area (Å²) in [4.78, 5) is 12.6. The van der Waals surface area contributed by atoms with E-state index < -0.39 is 0 Å². The second-order valence-electron chi connectivity index (χ2n) is 5.46. The first-order chi connectivity index (χ1) is 9.26. The third-order valence-corrected chi connectivity index (χ3v) is 4.29. The summed E-state index contributed by atoms with van der Waals surface area (Å²) in [6.45, 7) is 1.59. The predicted molar refractivity (Wildman–Crippen MR) is 73.0 cm³/mol. The van der Waals surface area contributed by atoms with Crippen LogP contribution in [0, 0.1) is 0 Å². The molecule has 2 aliphatic rings. The lowest BCUT2D eigenvalue weighted by Crippen LogP contribution is -2.47. The van der Waals surface area contributed by atoms with Gasteiger partial charge in [-0.3, -0.25) is 4.79 Å². The van der Waals surface area contributed by atoms with E-state index in [-0.39, 0.29) is 23.5 Å². The molecule has 0 bridgehead atoms. The van der Waals surface area contributed by atoms with Gasteiger partial charge in [-0.15, -0.1) is 0 Å². The van der Waals surface area contributed by atoms with E-state index in [2.05, 4.69) is 10.6 Å². The molecule has 1 amide bonds. The lowest BCUT2D eigenvalue weighted by molar-refractivity contribution is -0.124. The highest BCUT2D eigenvalue weighted by atomic mass is 16.5. The molecule has 1 aliphatic carbocycles. The zero-order valence-corrected chi connectivity index (χ0v) is 11.2. The van der Waals surface area contributed by atoms with Gasteiger partial charge in [-0.2, -0.15) is 0 Å². The van der Waals surface area contributed by atoms with Gasteiger partial charge in [0.25, 0.3) is 0 Å². The van der Waals surface area contributed by atoms with Gasteiger partial charge in [0.1, 0.15) is 0 Å². The molecule has 0 radical (unpaired) electrons. The van der Waals surface area contributed by atoms with Crippen LogP contribution in [0.1, 0.15) is 18.4 Å². The number of carbonyl (C=O) groups is 1. The van der Waals surface area contributed by atoms with Crippen molar-refractivity contribution in [1.29, 1.82) is 0 Å². The summed E-state index contributed by atoms with van der Waals surface area (Å²) in [5, 5.41) is 6.41. The Hall–Kier alpha value is -1.39. The van der Waals surface area contributed by atoms with E-state index in [1.807, 2.05) is 30.3 Å². The van der Waals surface area contributed by atoms with Gasteiger partial charge in [-0.05, 0) is 18.4 Å². The molecule has 2 atom stereocenters. The van der Waals surface area contributed by atoms with Crippen molar-refractivity contribution in [2.45, 2.75) is 30.4 Å². The average Bonchev–Trinajstić information content (AvgIpc) is 3.15. The molecule has 1 heterocycles. The van der Waals surface area contributed by atoms with Crippen LogP contribution in [0.3, 0.4) is 0 Å². The fourth-order valence-electron chi connectivity index (χ4n) is 2.88. The minimum absolute atomic E-state index is 0.0792. The standard InChI is InChI=1S/C15H20N2O2/c1-19-13-10-16-9-12(13)17-14(18)15(7-8-15)11-5-3-2-4-6-11/h2-6,12-13,16H,7-10H2,1H3,(H,17,18)/t12?,13-/m0/s1. The molecular formula is C15H20N2O2. The molecule has 3 rings (SSSR count). The Morgan fingerprint density at radius 2 is 2.05 bits per heavy atom. The van der Waals surface area contributed by atoms with Gasteiger partial charge < -0.3 is 15.4 Å². The van der Waals surface area contributed by atoms with E-state index in [1.165, 1.54) is 0 Å². The number of nitrogens with one attached hydrogen (secondary N) is 2. The third kappa shape index (κ3) is 2.26. The average molecular weight is 260 g/mol. The van der Waals surface area contributed by atoms with Gasteiger partial charge in [0, 0.05) is 20.2 Å². The van der Waals surface area contributed by atoms with Crippen LogP contribution in [-0.4, -0.2) is 38.3 Å². The highest BCUT2D eigenvalue weighted by Crippen LogP contribution is 2.48. The van der Waals surface area contributed by atoms with E-state index in [0.717, 1.165) is 31.5 Å². The lowest BCUT2D eigenvalue weighted by atomic mass is 9.94. The molecule has 1 saturated carbocycles. The Labute approximate surface area is 113 Å². The molecule has 1 aliphatic heterocycles. The Balaban J connectivity index is 1.71. The molecule has 0 spiro atoms. The second-order valence-corrected chi connectivity index (χ2v) is 5.46. The van der Waals surface area contributed by atoms with Crippen molar-refractivity contribution in [3.05, 3.63) is 35.9 Å². The summed E-state index contributed by atoms with van der Waals surface area (Å²) in [6, 6.07) is 10.2. The minimum atomic E-state index is -0.290. The molecule has 1 unspecified atom stereocenters. The maximum absolute atomic E-state index is 12.6. The molecule has 19 heavy (non-hydrogen) atoms. The fraction of sp³-hybridized carbons (Fsp3) is 0.533. The van der Waals surface area contributed by atoms with E-state index in [9.17, 15) is 4.79 Å². The van der Waals surface area contributed by atoms with Crippen molar-refractivity contribution in [1.82, 2.24) is 10.6 Å². The van der Waals surface area contributed by atoms with Gasteiger partial charge in [0.15, 0.2) is 0 Å². The first-order valence-electron chi connectivity index (χ1n) is 6.86. The van der Waals surface area contributed by atoms with Gasteiger partial charge >= 0.3 is 0 Å². The summed E-state index contributed by atoms with van der Waals surface area (Å²) >= 11 is 0. The van der Waals surface area contributed by atoms with Crippen LogP contribution in [0.15, 0.2) is 30.3 Å². The monoisotopic (exact) mass is 260 g/mol. The topological polar surface area (TPSA) is 50.4 Å². The molecule has 0 aromatic heterocycles. The maximum atomic E-state index is 12.6. The number of hydrogen-bond donors (Lipinski definition) is 2. The van der Waals surface area contributed by atoms with Gasteiger partial charge in [0.2, 0.25) is 5.91 Å². The van der Waals surface area contributed by atoms with Crippen LogP contribution in [0.2, 0.25) is 0 Å². The van der Waals surface area contributed by atoms with Crippen LogP contribution in [0.5, 0.6) is 0 Å². The van der Waals surface area contributed by atoms with E-state index in [4.69, 9.17) is 4.74 Å². The number of hydrogen-bond acceptors (Lipinski definition) is 3. The zero-order chi connectivity index (χ0) is 13.3. The second kappa shape index (κ2) is 4.94. The number of rotatable bonds is 4. The van der Waals surface area contributed by atoms with Crippen molar-refractivity contribution in [3.8, 4) is 0 Å². The van der Waals surface area contributed by atoms with Crippen LogP contribution < -0.4 is 10.6 Å². The normalized spacial score (nSPS) is 28.1. The first-order valence-corrected chi connectivity index (χ1v) is 6.86. The molecule has 102 valence electrons. The predicted octanol–water partition coefficient (Wildman–Crippen LogP) is 0.821. The highest BCUT2D eigenvalue weighted by Gasteiger charge is 2.52. The van der Waals surface area contributed by atoms with E-state index in [1.54, 1.807) is 7.11 Å². The maximum Gasteiger partial charge on any atom is 0.231 e. The number of benzene rings is 1. The van der Waals surface area contributed by atoms with Crippen molar-refractivity contribution in [3.63, 3.8) is 0 Å². The van der Waals surface area contributed by atoms with Crippen LogP contribution in [-0.2, 0) is 14.9 Å². The Morgan fingerprint density at radius 3 is 2.68 bits per heavy atom. The molecule has 4 nitrogen and oxygen atoms in total. The Kier molecular flexibility index (Phi) is 3.29. The van der Waals surface area contributed by atoms with Gasteiger partial charge in [0.05, 0.1) is 17.6 Å². The minimum Gasteiger partial charge on any atom is -0.378 e. The summed E-state index contributed by atoms with van der Waals surface area (Å²) in [6.07, 6.45) is 1.97. The Bertz CT molecular complexity index is 456. The van der Waals surface area contributed by atoms with Crippen molar-refractivity contribution in [2.75, 3.05) is 20.2 Å². The molecular weight excluding hydrogens is 240 g/mol. The zero-order valence-electron chi connectivity index (χ0n) is 11.2. The van der Waals surface area contributed by atoms with Crippen molar-refractivity contribution >= 4 is 5.91 Å². The van der Waals surface area contributed by atoms with Crippen LogP contribution >= 0.6 is 0 Å². The fourth-order valence-corrected chi connectivity index (χ4v) is 2.88. The largest absolute Gasteiger partial charge is 0.378 e. The van der Waals surface area contributed by atoms with Crippen LogP contribution in [0.4, 0.5) is 0 Å². The van der Waals surface area contributed by atoms with E-state index in [0.29, 0.717) is 0 Å². The smallest absolute Gasteiger partial charge is 0.231 e. The summed E-state index contributed by atoms with van der Waals surface area (Å²) < 4.78 is 5.39. The molecule has 2 fully saturated rings. The summed E-state index contributed by atoms with van der Waals surface area (Å²) in [5.74, 6) is 0.148. The highest BCUT2D eigenvalue weighted by molar-refractivity contribution is 5.91. The third-order valence-electron chi connectivity index (χ3n) is 4.29. The van der Waals surface area contributed by atoms with Crippen LogP contribution in [0.25, 0.3) is 0 Å². The Morgan fingerprint density at radius 1 is 1.32 bits per heavy atom. The molecule has 1 aromatic rings. The molecule has 1 aromatic carbocycles.